The molecule has 0 radical (unpaired) electrons. The molecule has 1 aromatic carbocycles. The fourth-order valence-corrected chi connectivity index (χ4v) is 2.15. The molecular formula is C12H17NO2. The van der Waals surface area contributed by atoms with Gasteiger partial charge in [-0.1, -0.05) is 24.3 Å². The average molecular weight is 207 g/mol. The van der Waals surface area contributed by atoms with Crippen molar-refractivity contribution in [3.8, 4) is 0 Å². The molecule has 3 N–H and O–H groups in total. The Morgan fingerprint density at radius 2 is 2.27 bits per heavy atom. The molecule has 1 aliphatic rings. The maximum absolute atomic E-state index is 9.31. The summed E-state index contributed by atoms with van der Waals surface area (Å²) in [6.07, 6.45) is 1.08. The highest BCUT2D eigenvalue weighted by Crippen LogP contribution is 2.39. The van der Waals surface area contributed by atoms with Gasteiger partial charge in [0.2, 0.25) is 0 Å². The molecule has 82 valence electrons. The van der Waals surface area contributed by atoms with Crippen LogP contribution in [0.4, 0.5) is 0 Å². The van der Waals surface area contributed by atoms with Crippen molar-refractivity contribution in [1.29, 1.82) is 0 Å². The number of aliphatic hydroxyl groups is 1. The fraction of sp³-hybridized carbons (Fsp3) is 0.500. The van der Waals surface area contributed by atoms with Crippen molar-refractivity contribution in [1.82, 2.24) is 0 Å². The molecule has 15 heavy (non-hydrogen) atoms. The summed E-state index contributed by atoms with van der Waals surface area (Å²) in [5.74, 6) is 0. The van der Waals surface area contributed by atoms with Crippen molar-refractivity contribution in [3.05, 3.63) is 35.4 Å². The number of nitrogens with two attached hydrogens (primary N) is 1. The van der Waals surface area contributed by atoms with Crippen molar-refractivity contribution in [3.63, 3.8) is 0 Å². The molecule has 0 unspecified atom stereocenters. The number of aliphatic hydroxyl groups excluding tert-OH is 1. The number of rotatable bonds is 3. The van der Waals surface area contributed by atoms with E-state index in [2.05, 4.69) is 6.07 Å². The van der Waals surface area contributed by atoms with Crippen molar-refractivity contribution in [2.45, 2.75) is 31.1 Å². The number of benzene rings is 1. The molecule has 1 saturated carbocycles. The highest BCUT2D eigenvalue weighted by molar-refractivity contribution is 5.31. The molecule has 1 aromatic rings. The minimum absolute atomic E-state index is 0.235. The highest BCUT2D eigenvalue weighted by Gasteiger charge is 2.41. The summed E-state index contributed by atoms with van der Waals surface area (Å²) >= 11 is 0. The maximum atomic E-state index is 9.31. The monoisotopic (exact) mass is 207 g/mol. The quantitative estimate of drug-likeness (QED) is 0.781. The molecule has 0 heterocycles. The first-order valence-electron chi connectivity index (χ1n) is 5.19. The van der Waals surface area contributed by atoms with Crippen LogP contribution in [0.2, 0.25) is 0 Å². The van der Waals surface area contributed by atoms with E-state index in [-0.39, 0.29) is 11.6 Å². The van der Waals surface area contributed by atoms with Crippen LogP contribution in [0.3, 0.4) is 0 Å². The van der Waals surface area contributed by atoms with Gasteiger partial charge in [0.05, 0.1) is 12.7 Å². The van der Waals surface area contributed by atoms with Gasteiger partial charge in [0.25, 0.3) is 0 Å². The zero-order chi connectivity index (χ0) is 10.9. The van der Waals surface area contributed by atoms with Gasteiger partial charge >= 0.3 is 0 Å². The van der Waals surface area contributed by atoms with Gasteiger partial charge in [0.15, 0.2) is 0 Å². The topological polar surface area (TPSA) is 55.5 Å². The Kier molecular flexibility index (Phi) is 2.78. The lowest BCUT2D eigenvalue weighted by Gasteiger charge is -2.42. The summed E-state index contributed by atoms with van der Waals surface area (Å²) in [7, 11) is 1.68. The third-order valence-corrected chi connectivity index (χ3v) is 3.01. The van der Waals surface area contributed by atoms with E-state index in [1.165, 1.54) is 0 Å². The first kappa shape index (κ1) is 10.6. The largest absolute Gasteiger partial charge is 0.393 e. The van der Waals surface area contributed by atoms with Crippen LogP contribution in [0.15, 0.2) is 24.3 Å². The van der Waals surface area contributed by atoms with E-state index in [0.29, 0.717) is 19.4 Å². The molecule has 3 nitrogen and oxygen atoms in total. The van der Waals surface area contributed by atoms with Crippen LogP contribution in [0.25, 0.3) is 0 Å². The van der Waals surface area contributed by atoms with Crippen molar-refractivity contribution in [2.24, 2.45) is 5.73 Å². The summed E-state index contributed by atoms with van der Waals surface area (Å²) in [5.41, 5.74) is 8.07. The molecule has 0 saturated heterocycles. The summed E-state index contributed by atoms with van der Waals surface area (Å²) in [6.45, 7) is 0.604. The van der Waals surface area contributed by atoms with Gasteiger partial charge in [-0.05, 0) is 24.0 Å². The van der Waals surface area contributed by atoms with Crippen LogP contribution in [0, 0.1) is 0 Å². The molecule has 0 bridgehead atoms. The first-order chi connectivity index (χ1) is 7.14. The maximum Gasteiger partial charge on any atom is 0.0713 e. The number of ether oxygens (including phenoxy) is 1. The van der Waals surface area contributed by atoms with Gasteiger partial charge in [-0.3, -0.25) is 0 Å². The standard InChI is InChI=1S/C12H17NO2/c1-15-8-9-3-2-4-10(5-9)12(13)6-11(14)7-12/h2-5,11,14H,6-8,13H2,1H3. The Hall–Kier alpha value is -0.900. The summed E-state index contributed by atoms with van der Waals surface area (Å²) < 4.78 is 5.08. The third-order valence-electron chi connectivity index (χ3n) is 3.01. The second-order valence-corrected chi connectivity index (χ2v) is 4.35. The van der Waals surface area contributed by atoms with E-state index in [4.69, 9.17) is 10.5 Å². The molecule has 2 rings (SSSR count). The zero-order valence-electron chi connectivity index (χ0n) is 8.94. The van der Waals surface area contributed by atoms with Crippen LogP contribution in [-0.2, 0) is 16.9 Å². The molecule has 0 spiro atoms. The van der Waals surface area contributed by atoms with Gasteiger partial charge in [-0.25, -0.2) is 0 Å². The van der Waals surface area contributed by atoms with Gasteiger partial charge < -0.3 is 15.6 Å². The predicted molar refractivity (Wildman–Crippen MR) is 58.3 cm³/mol. The van der Waals surface area contributed by atoms with E-state index in [1.54, 1.807) is 7.11 Å². The Bertz CT molecular complexity index is 345. The number of hydrogen-bond acceptors (Lipinski definition) is 3. The van der Waals surface area contributed by atoms with Gasteiger partial charge in [0.1, 0.15) is 0 Å². The lowest BCUT2D eigenvalue weighted by atomic mass is 9.70. The summed E-state index contributed by atoms with van der Waals surface area (Å²) in [5, 5.41) is 9.31. The van der Waals surface area contributed by atoms with E-state index >= 15 is 0 Å². The van der Waals surface area contributed by atoms with Crippen LogP contribution in [0.1, 0.15) is 24.0 Å². The Morgan fingerprint density at radius 3 is 2.87 bits per heavy atom. The van der Waals surface area contributed by atoms with E-state index in [1.807, 2.05) is 18.2 Å². The summed E-state index contributed by atoms with van der Waals surface area (Å²) in [4.78, 5) is 0. The van der Waals surface area contributed by atoms with Crippen LogP contribution in [0.5, 0.6) is 0 Å². The lowest BCUT2D eigenvalue weighted by Crippen LogP contribution is -2.51. The SMILES string of the molecule is COCc1cccc(C2(N)CC(O)C2)c1. The minimum Gasteiger partial charge on any atom is -0.393 e. The van der Waals surface area contributed by atoms with E-state index in [9.17, 15) is 5.11 Å². The summed E-state index contributed by atoms with van der Waals surface area (Å²) in [6, 6.07) is 8.09. The molecule has 0 atom stereocenters. The number of methoxy groups -OCH3 is 1. The van der Waals surface area contributed by atoms with Crippen molar-refractivity contribution in [2.75, 3.05) is 7.11 Å². The molecule has 0 aliphatic heterocycles. The van der Waals surface area contributed by atoms with Crippen LogP contribution in [-0.4, -0.2) is 18.3 Å². The molecular weight excluding hydrogens is 190 g/mol. The van der Waals surface area contributed by atoms with E-state index < -0.39 is 0 Å². The molecule has 0 amide bonds. The molecule has 3 heteroatoms. The normalized spacial score (nSPS) is 29.9. The van der Waals surface area contributed by atoms with Gasteiger partial charge in [-0.15, -0.1) is 0 Å². The average Bonchev–Trinajstić information content (AvgIpc) is 2.17. The van der Waals surface area contributed by atoms with Crippen LogP contribution < -0.4 is 5.73 Å². The van der Waals surface area contributed by atoms with Gasteiger partial charge in [-0.2, -0.15) is 0 Å². The second-order valence-electron chi connectivity index (χ2n) is 4.35. The molecule has 0 aromatic heterocycles. The molecule has 1 aliphatic carbocycles. The van der Waals surface area contributed by atoms with Gasteiger partial charge in [0, 0.05) is 12.6 Å². The van der Waals surface area contributed by atoms with Crippen molar-refractivity contribution < 1.29 is 9.84 Å². The Labute approximate surface area is 89.9 Å². The minimum atomic E-state index is -0.330. The highest BCUT2D eigenvalue weighted by atomic mass is 16.5. The smallest absolute Gasteiger partial charge is 0.0713 e. The zero-order valence-corrected chi connectivity index (χ0v) is 8.94. The first-order valence-corrected chi connectivity index (χ1v) is 5.19. The van der Waals surface area contributed by atoms with Crippen molar-refractivity contribution >= 4 is 0 Å². The second kappa shape index (κ2) is 3.93. The van der Waals surface area contributed by atoms with E-state index in [0.717, 1.165) is 11.1 Å². The predicted octanol–water partition coefficient (Wildman–Crippen LogP) is 1.14. The third kappa shape index (κ3) is 2.04. The Balaban J connectivity index is 2.18. The number of hydrogen-bond donors (Lipinski definition) is 2. The fourth-order valence-electron chi connectivity index (χ4n) is 2.15. The lowest BCUT2D eigenvalue weighted by molar-refractivity contribution is 0.0208. The molecule has 1 fully saturated rings. The Morgan fingerprint density at radius 1 is 1.53 bits per heavy atom. The van der Waals surface area contributed by atoms with Crippen LogP contribution >= 0.6 is 0 Å².